The molecule has 2 aromatic carbocycles. The summed E-state index contributed by atoms with van der Waals surface area (Å²) in [5.74, 6) is 0. The van der Waals surface area contributed by atoms with E-state index in [0.717, 1.165) is 10.4 Å². The summed E-state index contributed by atoms with van der Waals surface area (Å²) < 4.78 is 0. The molecule has 4 N–H and O–H groups in total. The Balaban J connectivity index is 2.21. The molecular formula is C15H12N4O2S. The average molecular weight is 312 g/mol. The van der Waals surface area contributed by atoms with Crippen LogP contribution in [0.2, 0.25) is 0 Å². The van der Waals surface area contributed by atoms with Crippen LogP contribution >= 0.6 is 11.3 Å². The van der Waals surface area contributed by atoms with Crippen LogP contribution < -0.4 is 11.5 Å². The van der Waals surface area contributed by atoms with Gasteiger partial charge < -0.3 is 11.5 Å². The molecule has 3 aromatic rings. The first kappa shape index (κ1) is 14.0. The second-order valence-electron chi connectivity index (χ2n) is 4.63. The van der Waals surface area contributed by atoms with Crippen molar-refractivity contribution in [2.24, 2.45) is 0 Å². The number of thiazole rings is 1. The van der Waals surface area contributed by atoms with Crippen molar-refractivity contribution in [3.63, 3.8) is 0 Å². The van der Waals surface area contributed by atoms with Gasteiger partial charge in [0.15, 0.2) is 5.13 Å². The molecule has 0 aliphatic rings. The Morgan fingerprint density at radius 3 is 2.41 bits per heavy atom. The van der Waals surface area contributed by atoms with Crippen molar-refractivity contribution < 1.29 is 4.92 Å². The van der Waals surface area contributed by atoms with Gasteiger partial charge in [-0.3, -0.25) is 10.1 Å². The number of benzene rings is 2. The lowest BCUT2D eigenvalue weighted by molar-refractivity contribution is -0.384. The Kier molecular flexibility index (Phi) is 3.48. The van der Waals surface area contributed by atoms with Gasteiger partial charge in [-0.25, -0.2) is 4.98 Å². The molecule has 0 unspecified atom stereocenters. The Hall–Kier alpha value is -2.93. The second kappa shape index (κ2) is 5.45. The molecular weight excluding hydrogens is 300 g/mol. The quantitative estimate of drug-likeness (QED) is 0.437. The molecule has 0 aliphatic carbocycles. The van der Waals surface area contributed by atoms with Gasteiger partial charge in [0.1, 0.15) is 0 Å². The molecule has 7 heteroatoms. The zero-order valence-electron chi connectivity index (χ0n) is 11.4. The van der Waals surface area contributed by atoms with E-state index in [2.05, 4.69) is 4.98 Å². The van der Waals surface area contributed by atoms with Crippen molar-refractivity contribution in [1.29, 1.82) is 0 Å². The van der Waals surface area contributed by atoms with Gasteiger partial charge in [-0.2, -0.15) is 0 Å². The summed E-state index contributed by atoms with van der Waals surface area (Å²) in [6, 6.07) is 13.7. The largest absolute Gasteiger partial charge is 0.399 e. The fraction of sp³-hybridized carbons (Fsp3) is 0. The molecule has 0 saturated heterocycles. The normalized spacial score (nSPS) is 10.5. The summed E-state index contributed by atoms with van der Waals surface area (Å²) in [7, 11) is 0. The maximum absolute atomic E-state index is 11.2. The fourth-order valence-corrected chi connectivity index (χ4v) is 3.03. The second-order valence-corrected chi connectivity index (χ2v) is 5.66. The van der Waals surface area contributed by atoms with Gasteiger partial charge in [0.25, 0.3) is 5.69 Å². The highest BCUT2D eigenvalue weighted by Crippen LogP contribution is 2.41. The maximum atomic E-state index is 11.2. The number of rotatable bonds is 3. The third-order valence-electron chi connectivity index (χ3n) is 3.17. The van der Waals surface area contributed by atoms with Crippen LogP contribution in [-0.2, 0) is 0 Å². The molecule has 6 nitrogen and oxygen atoms in total. The summed E-state index contributed by atoms with van der Waals surface area (Å²) in [4.78, 5) is 15.9. The number of nitrogens with two attached hydrogens (primary N) is 2. The summed E-state index contributed by atoms with van der Waals surface area (Å²) in [5, 5.41) is 11.6. The summed E-state index contributed by atoms with van der Waals surface area (Å²) in [5.41, 5.74) is 14.0. The number of nitro groups is 1. The molecule has 0 amide bonds. The molecule has 3 rings (SSSR count). The predicted octanol–water partition coefficient (Wildman–Crippen LogP) is 3.55. The SMILES string of the molecule is Nc1ccc(-c2sc(N)nc2-c2ccccc2[N+](=O)[O-])cc1. The fourth-order valence-electron chi connectivity index (χ4n) is 2.18. The van der Waals surface area contributed by atoms with Gasteiger partial charge in [0.05, 0.1) is 21.1 Å². The molecule has 0 fully saturated rings. The molecule has 1 aromatic heterocycles. The van der Waals surface area contributed by atoms with Crippen LogP contribution in [0.1, 0.15) is 0 Å². The van der Waals surface area contributed by atoms with Gasteiger partial charge >= 0.3 is 0 Å². The van der Waals surface area contributed by atoms with Crippen molar-refractivity contribution in [2.75, 3.05) is 11.5 Å². The zero-order chi connectivity index (χ0) is 15.7. The van der Waals surface area contributed by atoms with E-state index in [1.807, 2.05) is 12.1 Å². The van der Waals surface area contributed by atoms with E-state index < -0.39 is 4.92 Å². The molecule has 0 radical (unpaired) electrons. The van der Waals surface area contributed by atoms with E-state index in [4.69, 9.17) is 11.5 Å². The third kappa shape index (κ3) is 2.49. The highest BCUT2D eigenvalue weighted by Gasteiger charge is 2.21. The molecule has 22 heavy (non-hydrogen) atoms. The minimum atomic E-state index is -0.419. The summed E-state index contributed by atoms with van der Waals surface area (Å²) >= 11 is 1.29. The molecule has 0 atom stereocenters. The van der Waals surface area contributed by atoms with Crippen LogP contribution in [0, 0.1) is 10.1 Å². The zero-order valence-corrected chi connectivity index (χ0v) is 12.2. The standard InChI is InChI=1S/C15H12N4O2S/c16-10-7-5-9(6-8-10)14-13(18-15(17)22-14)11-3-1-2-4-12(11)19(20)21/h1-8H,16H2,(H2,17,18). The average Bonchev–Trinajstić information content (AvgIpc) is 2.90. The number of nitrogen functional groups attached to an aromatic ring is 2. The van der Waals surface area contributed by atoms with Crippen LogP contribution in [0.5, 0.6) is 0 Å². The highest BCUT2D eigenvalue weighted by molar-refractivity contribution is 7.19. The van der Waals surface area contributed by atoms with E-state index in [-0.39, 0.29) is 5.69 Å². The molecule has 0 aliphatic heterocycles. The topological polar surface area (TPSA) is 108 Å². The molecule has 0 spiro atoms. The third-order valence-corrected chi connectivity index (χ3v) is 4.11. The van der Waals surface area contributed by atoms with Crippen LogP contribution in [-0.4, -0.2) is 9.91 Å². The van der Waals surface area contributed by atoms with Crippen LogP contribution in [0.15, 0.2) is 48.5 Å². The van der Waals surface area contributed by atoms with Gasteiger partial charge in [-0.05, 0) is 23.8 Å². The Bertz CT molecular complexity index is 843. The molecule has 110 valence electrons. The van der Waals surface area contributed by atoms with E-state index in [0.29, 0.717) is 22.1 Å². The lowest BCUT2D eigenvalue weighted by Crippen LogP contribution is -1.93. The van der Waals surface area contributed by atoms with Gasteiger partial charge in [-0.15, -0.1) is 0 Å². The van der Waals surface area contributed by atoms with E-state index in [1.54, 1.807) is 30.3 Å². The first-order valence-electron chi connectivity index (χ1n) is 6.42. The predicted molar refractivity (Wildman–Crippen MR) is 88.5 cm³/mol. The van der Waals surface area contributed by atoms with Gasteiger partial charge in [0, 0.05) is 11.8 Å². The van der Waals surface area contributed by atoms with E-state index in [1.165, 1.54) is 17.4 Å². The molecule has 0 saturated carbocycles. The summed E-state index contributed by atoms with van der Waals surface area (Å²) in [6.45, 7) is 0. The summed E-state index contributed by atoms with van der Waals surface area (Å²) in [6.07, 6.45) is 0. The van der Waals surface area contributed by atoms with E-state index >= 15 is 0 Å². The maximum Gasteiger partial charge on any atom is 0.278 e. The van der Waals surface area contributed by atoms with Crippen LogP contribution in [0.4, 0.5) is 16.5 Å². The number of aromatic nitrogens is 1. The minimum Gasteiger partial charge on any atom is -0.399 e. The molecule has 1 heterocycles. The lowest BCUT2D eigenvalue weighted by atomic mass is 10.1. The van der Waals surface area contributed by atoms with Gasteiger partial charge in [-0.1, -0.05) is 35.6 Å². The number of hydrogen-bond donors (Lipinski definition) is 2. The first-order valence-corrected chi connectivity index (χ1v) is 7.24. The van der Waals surface area contributed by atoms with Crippen molar-refractivity contribution in [3.05, 3.63) is 58.6 Å². The smallest absolute Gasteiger partial charge is 0.278 e. The number of hydrogen-bond acceptors (Lipinski definition) is 6. The van der Waals surface area contributed by atoms with Crippen LogP contribution in [0.25, 0.3) is 21.7 Å². The minimum absolute atomic E-state index is 0.00416. The van der Waals surface area contributed by atoms with Crippen molar-refractivity contribution in [1.82, 2.24) is 4.98 Å². The Morgan fingerprint density at radius 1 is 1.05 bits per heavy atom. The van der Waals surface area contributed by atoms with Crippen molar-refractivity contribution in [3.8, 4) is 21.7 Å². The Labute approximate surface area is 130 Å². The Morgan fingerprint density at radius 2 is 1.73 bits per heavy atom. The monoisotopic (exact) mass is 312 g/mol. The highest BCUT2D eigenvalue weighted by atomic mass is 32.1. The van der Waals surface area contributed by atoms with Gasteiger partial charge in [0.2, 0.25) is 0 Å². The molecule has 0 bridgehead atoms. The number of anilines is 2. The van der Waals surface area contributed by atoms with Crippen LogP contribution in [0.3, 0.4) is 0 Å². The number of nitro benzene ring substituents is 1. The van der Waals surface area contributed by atoms with E-state index in [9.17, 15) is 10.1 Å². The first-order chi connectivity index (χ1) is 10.6. The lowest BCUT2D eigenvalue weighted by Gasteiger charge is -2.04. The van der Waals surface area contributed by atoms with Crippen molar-refractivity contribution >= 4 is 27.8 Å². The van der Waals surface area contributed by atoms with Crippen molar-refractivity contribution in [2.45, 2.75) is 0 Å². The number of para-hydroxylation sites is 1. The number of nitrogens with zero attached hydrogens (tertiary/aromatic N) is 2.